The molecule has 0 spiro atoms. The zero-order chi connectivity index (χ0) is 13.5. The molecule has 1 aromatic carbocycles. The van der Waals surface area contributed by atoms with E-state index in [2.05, 4.69) is 0 Å². The van der Waals surface area contributed by atoms with Crippen molar-refractivity contribution in [2.45, 2.75) is 12.8 Å². The molecule has 98 valence electrons. The van der Waals surface area contributed by atoms with Gasteiger partial charge >= 0.3 is 0 Å². The van der Waals surface area contributed by atoms with Crippen molar-refractivity contribution in [1.29, 1.82) is 0 Å². The molecule has 0 atom stereocenters. The summed E-state index contributed by atoms with van der Waals surface area (Å²) in [4.78, 5) is 16.2. The molecule has 1 rings (SSSR count). The summed E-state index contributed by atoms with van der Waals surface area (Å²) in [6, 6.07) is 5.39. The van der Waals surface area contributed by atoms with Gasteiger partial charge < -0.3 is 0 Å². The first-order valence-corrected chi connectivity index (χ1v) is 6.22. The summed E-state index contributed by atoms with van der Waals surface area (Å²) in [5, 5.41) is 2.27. The average molecular weight is 288 g/mol. The number of halogens is 2. The maximum atomic E-state index is 11.4. The summed E-state index contributed by atoms with van der Waals surface area (Å²) >= 11 is 11.7. The van der Waals surface area contributed by atoms with E-state index in [1.54, 1.807) is 19.2 Å². The van der Waals surface area contributed by atoms with Crippen molar-refractivity contribution < 1.29 is 9.63 Å². The van der Waals surface area contributed by atoms with E-state index < -0.39 is 0 Å². The summed E-state index contributed by atoms with van der Waals surface area (Å²) in [7, 11) is 3.05. The van der Waals surface area contributed by atoms with Crippen LogP contribution in [0, 0.1) is 0 Å². The Morgan fingerprint density at radius 2 is 2.11 bits per heavy atom. The summed E-state index contributed by atoms with van der Waals surface area (Å²) in [6.45, 7) is 0. The monoisotopic (exact) mass is 287 g/mol. The molecule has 0 N–H and O–H groups in total. The third kappa shape index (κ3) is 4.69. The van der Waals surface area contributed by atoms with Gasteiger partial charge in [-0.3, -0.25) is 9.63 Å². The van der Waals surface area contributed by atoms with Gasteiger partial charge in [0.25, 0.3) is 0 Å². The van der Waals surface area contributed by atoms with Gasteiger partial charge in [-0.25, -0.2) is 5.06 Å². The lowest BCUT2D eigenvalue weighted by molar-refractivity contribution is -0.168. The van der Waals surface area contributed by atoms with Crippen LogP contribution in [-0.4, -0.2) is 25.1 Å². The smallest absolute Gasteiger partial charge is 0.246 e. The van der Waals surface area contributed by atoms with Crippen molar-refractivity contribution in [3.8, 4) is 0 Å². The number of rotatable bonds is 5. The van der Waals surface area contributed by atoms with Crippen molar-refractivity contribution in [2.24, 2.45) is 0 Å². The number of benzene rings is 1. The highest BCUT2D eigenvalue weighted by molar-refractivity contribution is 6.42. The highest BCUT2D eigenvalue weighted by Crippen LogP contribution is 2.23. The van der Waals surface area contributed by atoms with E-state index in [0.717, 1.165) is 5.56 Å². The fourth-order valence-corrected chi connectivity index (χ4v) is 1.61. The highest BCUT2D eigenvalue weighted by Gasteiger charge is 2.05. The molecule has 0 bridgehead atoms. The Balaban J connectivity index is 2.45. The zero-order valence-corrected chi connectivity index (χ0v) is 11.8. The lowest BCUT2D eigenvalue weighted by Gasteiger charge is -2.12. The molecule has 5 heteroatoms. The van der Waals surface area contributed by atoms with Gasteiger partial charge in [0.1, 0.15) is 0 Å². The maximum Gasteiger partial charge on any atom is 0.246 e. The van der Waals surface area contributed by atoms with Gasteiger partial charge in [-0.15, -0.1) is 0 Å². The maximum absolute atomic E-state index is 11.4. The second-order valence-electron chi connectivity index (χ2n) is 3.69. The Morgan fingerprint density at radius 1 is 1.39 bits per heavy atom. The zero-order valence-electron chi connectivity index (χ0n) is 10.3. The van der Waals surface area contributed by atoms with Crippen molar-refractivity contribution in [1.82, 2.24) is 5.06 Å². The van der Waals surface area contributed by atoms with E-state index in [-0.39, 0.29) is 5.91 Å². The quantitative estimate of drug-likeness (QED) is 0.771. The van der Waals surface area contributed by atoms with Gasteiger partial charge in [0, 0.05) is 13.5 Å². The minimum absolute atomic E-state index is 0.0590. The van der Waals surface area contributed by atoms with Gasteiger partial charge in [-0.1, -0.05) is 41.4 Å². The van der Waals surface area contributed by atoms with E-state index in [9.17, 15) is 4.79 Å². The number of allylic oxidation sites excluding steroid dienone is 1. The number of nitrogens with zero attached hydrogens (tertiary/aromatic N) is 1. The van der Waals surface area contributed by atoms with Crippen molar-refractivity contribution in [3.63, 3.8) is 0 Å². The topological polar surface area (TPSA) is 29.5 Å². The lowest BCUT2D eigenvalue weighted by atomic mass is 10.2. The van der Waals surface area contributed by atoms with Gasteiger partial charge in [-0.05, 0) is 24.1 Å². The predicted octanol–water partition coefficient (Wildman–Crippen LogP) is 3.81. The predicted molar refractivity (Wildman–Crippen MR) is 74.5 cm³/mol. The second-order valence-corrected chi connectivity index (χ2v) is 4.50. The minimum Gasteiger partial charge on any atom is -0.275 e. The van der Waals surface area contributed by atoms with Crippen LogP contribution in [0.25, 0.3) is 6.08 Å². The number of carbonyl (C=O) groups is 1. The number of carbonyl (C=O) groups excluding carboxylic acids is 1. The van der Waals surface area contributed by atoms with Crippen LogP contribution in [0.5, 0.6) is 0 Å². The third-order valence-corrected chi connectivity index (χ3v) is 3.14. The molecule has 0 radical (unpaired) electrons. The molecule has 0 aromatic heterocycles. The fraction of sp³-hybridized carbons (Fsp3) is 0.308. The standard InChI is InChI=1S/C13H15Cl2NO2/c1-16(18-2)13(17)6-4-3-5-10-7-8-11(14)12(15)9-10/h3,5,7-9H,4,6H2,1-2H3. The Morgan fingerprint density at radius 3 is 2.72 bits per heavy atom. The SMILES string of the molecule is CON(C)C(=O)CCC=Cc1ccc(Cl)c(Cl)c1. The van der Waals surface area contributed by atoms with Gasteiger partial charge in [0.15, 0.2) is 0 Å². The number of hydrogen-bond acceptors (Lipinski definition) is 2. The first kappa shape index (κ1) is 15.0. The normalized spacial score (nSPS) is 10.9. The van der Waals surface area contributed by atoms with Gasteiger partial charge in [0.2, 0.25) is 5.91 Å². The molecule has 0 aliphatic carbocycles. The fourth-order valence-electron chi connectivity index (χ4n) is 1.30. The molecule has 0 saturated heterocycles. The van der Waals surface area contributed by atoms with E-state index in [4.69, 9.17) is 28.0 Å². The minimum atomic E-state index is -0.0590. The molecule has 3 nitrogen and oxygen atoms in total. The van der Waals surface area contributed by atoms with Crippen molar-refractivity contribution in [2.75, 3.05) is 14.2 Å². The second kappa shape index (κ2) is 7.41. The van der Waals surface area contributed by atoms with E-state index in [1.807, 2.05) is 18.2 Å². The van der Waals surface area contributed by atoms with Crippen LogP contribution in [0.4, 0.5) is 0 Å². The largest absolute Gasteiger partial charge is 0.275 e. The molecule has 1 aromatic rings. The Labute approximate surface area is 117 Å². The molecule has 0 fully saturated rings. The molecule has 0 unspecified atom stereocenters. The molecule has 0 saturated carbocycles. The van der Waals surface area contributed by atoms with Crippen LogP contribution in [0.2, 0.25) is 10.0 Å². The molecular weight excluding hydrogens is 273 g/mol. The Hall–Kier alpha value is -1.03. The van der Waals surface area contributed by atoms with Crippen LogP contribution >= 0.6 is 23.2 Å². The Bertz CT molecular complexity index is 447. The van der Waals surface area contributed by atoms with Crippen LogP contribution in [0.15, 0.2) is 24.3 Å². The van der Waals surface area contributed by atoms with Gasteiger partial charge in [-0.2, -0.15) is 0 Å². The van der Waals surface area contributed by atoms with Gasteiger partial charge in [0.05, 0.1) is 17.2 Å². The molecule has 1 amide bonds. The number of hydroxylamine groups is 2. The van der Waals surface area contributed by atoms with E-state index in [0.29, 0.717) is 22.9 Å². The lowest BCUT2D eigenvalue weighted by Crippen LogP contribution is -2.24. The Kier molecular flexibility index (Phi) is 6.19. The van der Waals surface area contributed by atoms with Crippen LogP contribution < -0.4 is 0 Å². The molecule has 0 heterocycles. The summed E-state index contributed by atoms with van der Waals surface area (Å²) in [5.41, 5.74) is 0.956. The van der Waals surface area contributed by atoms with Crippen LogP contribution in [0.1, 0.15) is 18.4 Å². The summed E-state index contributed by atoms with van der Waals surface area (Å²) in [6.07, 6.45) is 4.87. The highest BCUT2D eigenvalue weighted by atomic mass is 35.5. The van der Waals surface area contributed by atoms with Crippen molar-refractivity contribution >= 4 is 35.2 Å². The number of amides is 1. The molecular formula is C13H15Cl2NO2. The summed E-state index contributed by atoms with van der Waals surface area (Å²) in [5.74, 6) is -0.0590. The molecule has 0 aliphatic rings. The first-order chi connectivity index (χ1) is 8.54. The van der Waals surface area contributed by atoms with Crippen LogP contribution in [-0.2, 0) is 9.63 Å². The molecule has 18 heavy (non-hydrogen) atoms. The van der Waals surface area contributed by atoms with E-state index in [1.165, 1.54) is 12.2 Å². The molecule has 0 aliphatic heterocycles. The first-order valence-electron chi connectivity index (χ1n) is 5.47. The summed E-state index contributed by atoms with van der Waals surface area (Å²) < 4.78 is 0. The number of hydrogen-bond donors (Lipinski definition) is 0. The van der Waals surface area contributed by atoms with Crippen LogP contribution in [0.3, 0.4) is 0 Å². The third-order valence-electron chi connectivity index (χ3n) is 2.40. The van der Waals surface area contributed by atoms with E-state index >= 15 is 0 Å². The average Bonchev–Trinajstić information content (AvgIpc) is 2.37. The van der Waals surface area contributed by atoms with Crippen molar-refractivity contribution in [3.05, 3.63) is 39.9 Å².